The van der Waals surface area contributed by atoms with Crippen LogP contribution in [0.15, 0.2) is 36.5 Å². The third-order valence-corrected chi connectivity index (χ3v) is 4.23. The second-order valence-corrected chi connectivity index (χ2v) is 5.79. The first-order chi connectivity index (χ1) is 10.2. The molecule has 0 saturated carbocycles. The van der Waals surface area contributed by atoms with Crippen LogP contribution in [-0.2, 0) is 6.42 Å². The molecule has 0 bridgehead atoms. The first-order valence-electron chi connectivity index (χ1n) is 7.64. The fraction of sp³-hybridized carbons (Fsp3) is 0.471. The topological polar surface area (TPSA) is 29.9 Å². The Morgan fingerprint density at radius 2 is 2.00 bits per heavy atom. The van der Waals surface area contributed by atoms with Gasteiger partial charge in [-0.3, -0.25) is 4.68 Å². The van der Waals surface area contributed by atoms with E-state index in [2.05, 4.69) is 42.2 Å². The molecular formula is C17H24ClN3. The Kier molecular flexibility index (Phi) is 5.83. The van der Waals surface area contributed by atoms with Crippen LogP contribution >= 0.6 is 11.6 Å². The van der Waals surface area contributed by atoms with E-state index in [0.29, 0.717) is 6.04 Å². The van der Waals surface area contributed by atoms with Gasteiger partial charge in [0.05, 0.1) is 11.7 Å². The summed E-state index contributed by atoms with van der Waals surface area (Å²) in [5.41, 5.74) is 2.31. The molecule has 0 amide bonds. The van der Waals surface area contributed by atoms with Gasteiger partial charge in [0.2, 0.25) is 0 Å². The first-order valence-corrected chi connectivity index (χ1v) is 8.02. The Hall–Kier alpha value is -1.32. The van der Waals surface area contributed by atoms with Crippen molar-refractivity contribution in [2.24, 2.45) is 0 Å². The fourth-order valence-corrected chi connectivity index (χ4v) is 2.87. The number of hydrogen-bond donors (Lipinski definition) is 1. The molecule has 0 spiro atoms. The van der Waals surface area contributed by atoms with Gasteiger partial charge in [0.15, 0.2) is 0 Å². The number of likely N-dealkylation sites (N-methyl/N-ethyl adjacent to an activating group) is 1. The summed E-state index contributed by atoms with van der Waals surface area (Å²) in [5.74, 6) is 0. The monoisotopic (exact) mass is 305 g/mol. The lowest BCUT2D eigenvalue weighted by Gasteiger charge is -2.16. The third-order valence-electron chi connectivity index (χ3n) is 3.99. The summed E-state index contributed by atoms with van der Waals surface area (Å²) >= 11 is 6.08. The molecule has 1 heterocycles. The maximum atomic E-state index is 6.08. The van der Waals surface area contributed by atoms with E-state index in [9.17, 15) is 0 Å². The predicted octanol–water partition coefficient (Wildman–Crippen LogP) is 4.40. The van der Waals surface area contributed by atoms with Crippen molar-refractivity contribution in [1.82, 2.24) is 15.1 Å². The van der Waals surface area contributed by atoms with Crippen LogP contribution in [0.2, 0.25) is 5.02 Å². The van der Waals surface area contributed by atoms with E-state index >= 15 is 0 Å². The van der Waals surface area contributed by atoms with Crippen molar-refractivity contribution < 1.29 is 0 Å². The van der Waals surface area contributed by atoms with Crippen LogP contribution in [0.4, 0.5) is 0 Å². The van der Waals surface area contributed by atoms with E-state index in [1.165, 1.54) is 5.56 Å². The second-order valence-electron chi connectivity index (χ2n) is 5.36. The van der Waals surface area contributed by atoms with E-state index in [-0.39, 0.29) is 6.04 Å². The molecule has 2 rings (SSSR count). The summed E-state index contributed by atoms with van der Waals surface area (Å²) in [6.45, 7) is 4.41. The highest BCUT2D eigenvalue weighted by Crippen LogP contribution is 2.22. The molecule has 1 aromatic carbocycles. The van der Waals surface area contributed by atoms with Crippen molar-refractivity contribution in [3.8, 4) is 0 Å². The molecule has 0 aliphatic heterocycles. The molecular weight excluding hydrogens is 282 g/mol. The minimum absolute atomic E-state index is 0.230. The first kappa shape index (κ1) is 16.1. The highest BCUT2D eigenvalue weighted by atomic mass is 35.5. The smallest absolute Gasteiger partial charge is 0.0643 e. The molecule has 2 aromatic rings. The van der Waals surface area contributed by atoms with Gasteiger partial charge in [-0.2, -0.15) is 5.10 Å². The summed E-state index contributed by atoms with van der Waals surface area (Å²) in [5, 5.41) is 8.86. The lowest BCUT2D eigenvalue weighted by molar-refractivity contribution is 0.423. The van der Waals surface area contributed by atoms with E-state index in [0.717, 1.165) is 30.0 Å². The van der Waals surface area contributed by atoms with Gasteiger partial charge >= 0.3 is 0 Å². The molecule has 1 unspecified atom stereocenters. The van der Waals surface area contributed by atoms with E-state index in [1.54, 1.807) is 0 Å². The van der Waals surface area contributed by atoms with Gasteiger partial charge in [0, 0.05) is 23.7 Å². The molecule has 0 aliphatic carbocycles. The van der Waals surface area contributed by atoms with E-state index in [4.69, 9.17) is 16.7 Å². The minimum atomic E-state index is 0.230. The van der Waals surface area contributed by atoms with E-state index < -0.39 is 0 Å². The number of nitrogens with zero attached hydrogens (tertiary/aromatic N) is 2. The standard InChI is InChI=1S/C17H24ClN3/c1-4-16(5-2)21-10-9-15(20-21)12-17(19-3)13-7-6-8-14(18)11-13/h6-11,16-17,19H,4-5,12H2,1-3H3. The van der Waals surface area contributed by atoms with Crippen LogP contribution < -0.4 is 5.32 Å². The Labute approximate surface area is 132 Å². The summed E-state index contributed by atoms with van der Waals surface area (Å²) in [6, 6.07) is 10.9. The summed E-state index contributed by atoms with van der Waals surface area (Å²) in [6.07, 6.45) is 5.18. The van der Waals surface area contributed by atoms with Crippen LogP contribution in [-0.4, -0.2) is 16.8 Å². The minimum Gasteiger partial charge on any atom is -0.313 e. The quantitative estimate of drug-likeness (QED) is 0.821. The van der Waals surface area contributed by atoms with Gasteiger partial charge in [-0.25, -0.2) is 0 Å². The molecule has 1 aromatic heterocycles. The molecule has 1 atom stereocenters. The number of rotatable bonds is 7. The van der Waals surface area contributed by atoms with E-state index in [1.807, 2.05) is 25.2 Å². The van der Waals surface area contributed by atoms with Crippen LogP contribution in [0.25, 0.3) is 0 Å². The Morgan fingerprint density at radius 3 is 2.62 bits per heavy atom. The normalized spacial score (nSPS) is 12.8. The highest BCUT2D eigenvalue weighted by molar-refractivity contribution is 6.30. The van der Waals surface area contributed by atoms with Crippen molar-refractivity contribution in [2.45, 2.75) is 45.2 Å². The van der Waals surface area contributed by atoms with Crippen LogP contribution in [0.1, 0.15) is 50.0 Å². The molecule has 0 fully saturated rings. The molecule has 0 aliphatic rings. The van der Waals surface area contributed by atoms with Gasteiger partial charge in [-0.05, 0) is 43.7 Å². The molecule has 4 heteroatoms. The average Bonchev–Trinajstić information content (AvgIpc) is 2.94. The summed E-state index contributed by atoms with van der Waals surface area (Å²) in [4.78, 5) is 0. The van der Waals surface area contributed by atoms with Crippen molar-refractivity contribution >= 4 is 11.6 Å². The lowest BCUT2D eigenvalue weighted by atomic mass is 10.0. The number of nitrogens with one attached hydrogen (secondary N) is 1. The van der Waals surface area contributed by atoms with Crippen LogP contribution in [0, 0.1) is 0 Å². The third kappa shape index (κ3) is 4.08. The Bertz CT molecular complexity index is 561. The second kappa shape index (κ2) is 7.62. The summed E-state index contributed by atoms with van der Waals surface area (Å²) in [7, 11) is 1.98. The van der Waals surface area contributed by atoms with Gasteiger partial charge in [-0.15, -0.1) is 0 Å². The largest absolute Gasteiger partial charge is 0.313 e. The van der Waals surface area contributed by atoms with Crippen molar-refractivity contribution in [3.05, 3.63) is 52.8 Å². The van der Waals surface area contributed by atoms with Gasteiger partial charge in [0.1, 0.15) is 0 Å². The molecule has 1 N–H and O–H groups in total. The Morgan fingerprint density at radius 1 is 1.24 bits per heavy atom. The predicted molar refractivity (Wildman–Crippen MR) is 88.8 cm³/mol. The zero-order valence-electron chi connectivity index (χ0n) is 13.0. The number of benzene rings is 1. The SMILES string of the molecule is CCC(CC)n1ccc(CC(NC)c2cccc(Cl)c2)n1. The van der Waals surface area contributed by atoms with Gasteiger partial charge in [-0.1, -0.05) is 37.6 Å². The highest BCUT2D eigenvalue weighted by Gasteiger charge is 2.14. The fourth-order valence-electron chi connectivity index (χ4n) is 2.67. The van der Waals surface area contributed by atoms with Crippen molar-refractivity contribution in [2.75, 3.05) is 7.05 Å². The van der Waals surface area contributed by atoms with Gasteiger partial charge < -0.3 is 5.32 Å². The summed E-state index contributed by atoms with van der Waals surface area (Å²) < 4.78 is 2.10. The molecule has 114 valence electrons. The van der Waals surface area contributed by atoms with Crippen molar-refractivity contribution in [3.63, 3.8) is 0 Å². The van der Waals surface area contributed by atoms with Gasteiger partial charge in [0.25, 0.3) is 0 Å². The number of hydrogen-bond acceptors (Lipinski definition) is 2. The van der Waals surface area contributed by atoms with Crippen LogP contribution in [0.3, 0.4) is 0 Å². The van der Waals surface area contributed by atoms with Crippen LogP contribution in [0.5, 0.6) is 0 Å². The molecule has 21 heavy (non-hydrogen) atoms. The van der Waals surface area contributed by atoms with Crippen molar-refractivity contribution in [1.29, 1.82) is 0 Å². The zero-order chi connectivity index (χ0) is 15.2. The molecule has 0 saturated heterocycles. The lowest BCUT2D eigenvalue weighted by Crippen LogP contribution is -2.19. The maximum absolute atomic E-state index is 6.08. The zero-order valence-corrected chi connectivity index (χ0v) is 13.8. The number of aromatic nitrogens is 2. The number of halogens is 1. The maximum Gasteiger partial charge on any atom is 0.0643 e. The molecule has 0 radical (unpaired) electrons. The average molecular weight is 306 g/mol. The Balaban J connectivity index is 2.12. The molecule has 3 nitrogen and oxygen atoms in total.